The highest BCUT2D eigenvalue weighted by atomic mass is 16.5. The SMILES string of the molecule is CCNC(=NCCOc1cccc(NC(C)=O)c1)N(C)Cc1ccc(OCC)cc1. The van der Waals surface area contributed by atoms with E-state index in [9.17, 15) is 4.79 Å². The van der Waals surface area contributed by atoms with Crippen LogP contribution in [0.5, 0.6) is 11.5 Å². The maximum atomic E-state index is 11.2. The highest BCUT2D eigenvalue weighted by Gasteiger charge is 2.07. The van der Waals surface area contributed by atoms with E-state index >= 15 is 0 Å². The molecule has 2 N–H and O–H groups in total. The smallest absolute Gasteiger partial charge is 0.221 e. The minimum Gasteiger partial charge on any atom is -0.494 e. The first-order chi connectivity index (χ1) is 14.5. The second kappa shape index (κ2) is 12.4. The van der Waals surface area contributed by atoms with E-state index in [-0.39, 0.29) is 5.91 Å². The Labute approximate surface area is 179 Å². The number of carbonyl (C=O) groups is 1. The fraction of sp³-hybridized carbons (Fsp3) is 0.391. The lowest BCUT2D eigenvalue weighted by molar-refractivity contribution is -0.114. The molecule has 2 aromatic rings. The molecule has 0 saturated heterocycles. The van der Waals surface area contributed by atoms with Gasteiger partial charge in [0.2, 0.25) is 5.91 Å². The molecule has 0 aliphatic heterocycles. The molecule has 0 aliphatic carbocycles. The summed E-state index contributed by atoms with van der Waals surface area (Å²) in [6.45, 7) is 8.64. The molecule has 7 heteroatoms. The minimum atomic E-state index is -0.109. The molecule has 0 aromatic heterocycles. The van der Waals surface area contributed by atoms with Gasteiger partial charge in [-0.3, -0.25) is 4.79 Å². The molecule has 0 radical (unpaired) electrons. The number of rotatable bonds is 10. The Kier molecular flexibility index (Phi) is 9.51. The summed E-state index contributed by atoms with van der Waals surface area (Å²) in [5, 5.41) is 6.06. The Hall–Kier alpha value is -3.22. The second-order valence-electron chi connectivity index (χ2n) is 6.73. The van der Waals surface area contributed by atoms with E-state index in [2.05, 4.69) is 32.7 Å². The average Bonchev–Trinajstić information content (AvgIpc) is 2.71. The molecule has 0 spiro atoms. The monoisotopic (exact) mass is 412 g/mol. The number of nitrogens with zero attached hydrogens (tertiary/aromatic N) is 2. The van der Waals surface area contributed by atoms with Crippen LogP contribution in [-0.4, -0.2) is 50.1 Å². The number of nitrogens with one attached hydrogen (secondary N) is 2. The number of amides is 1. The lowest BCUT2D eigenvalue weighted by Gasteiger charge is -2.22. The van der Waals surface area contributed by atoms with Crippen molar-refractivity contribution in [2.75, 3.05) is 38.7 Å². The number of ether oxygens (including phenoxy) is 2. The topological polar surface area (TPSA) is 75.2 Å². The van der Waals surface area contributed by atoms with E-state index in [1.807, 2.05) is 51.2 Å². The molecule has 162 valence electrons. The summed E-state index contributed by atoms with van der Waals surface area (Å²) in [5.74, 6) is 2.29. The number of carbonyl (C=O) groups excluding carboxylic acids is 1. The normalized spacial score (nSPS) is 11.0. The summed E-state index contributed by atoms with van der Waals surface area (Å²) in [4.78, 5) is 17.9. The van der Waals surface area contributed by atoms with Crippen LogP contribution < -0.4 is 20.1 Å². The van der Waals surface area contributed by atoms with Gasteiger partial charge in [0, 0.05) is 38.8 Å². The molecule has 2 rings (SSSR count). The molecule has 1 amide bonds. The Balaban J connectivity index is 1.89. The standard InChI is InChI=1S/C23H32N4O3/c1-5-24-23(27(4)17-19-10-12-21(13-11-19)29-6-2)25-14-15-30-22-9-7-8-20(16-22)26-18(3)28/h7-13,16H,5-6,14-15,17H2,1-4H3,(H,24,25)(H,26,28). The van der Waals surface area contributed by atoms with Crippen LogP contribution in [0.15, 0.2) is 53.5 Å². The predicted octanol–water partition coefficient (Wildman–Crippen LogP) is 3.52. The van der Waals surface area contributed by atoms with E-state index in [1.54, 1.807) is 6.07 Å². The van der Waals surface area contributed by atoms with Gasteiger partial charge in [-0.15, -0.1) is 0 Å². The van der Waals surface area contributed by atoms with Crippen molar-refractivity contribution in [2.24, 2.45) is 4.99 Å². The molecule has 0 bridgehead atoms. The third kappa shape index (κ3) is 8.03. The van der Waals surface area contributed by atoms with Gasteiger partial charge in [-0.1, -0.05) is 18.2 Å². The molecular weight excluding hydrogens is 380 g/mol. The van der Waals surface area contributed by atoms with E-state index in [0.717, 1.165) is 24.8 Å². The van der Waals surface area contributed by atoms with Crippen LogP contribution in [-0.2, 0) is 11.3 Å². The third-order valence-electron chi connectivity index (χ3n) is 4.13. The lowest BCUT2D eigenvalue weighted by atomic mass is 10.2. The van der Waals surface area contributed by atoms with E-state index < -0.39 is 0 Å². The van der Waals surface area contributed by atoms with Crippen LogP contribution in [0, 0.1) is 0 Å². The van der Waals surface area contributed by atoms with Crippen LogP contribution in [0.3, 0.4) is 0 Å². The van der Waals surface area contributed by atoms with Crippen LogP contribution in [0.25, 0.3) is 0 Å². The Morgan fingerprint density at radius 3 is 2.50 bits per heavy atom. The highest BCUT2D eigenvalue weighted by molar-refractivity contribution is 5.88. The first-order valence-electron chi connectivity index (χ1n) is 10.2. The Bertz CT molecular complexity index is 821. The van der Waals surface area contributed by atoms with E-state index in [4.69, 9.17) is 9.47 Å². The van der Waals surface area contributed by atoms with Crippen molar-refractivity contribution in [2.45, 2.75) is 27.3 Å². The summed E-state index contributed by atoms with van der Waals surface area (Å²) < 4.78 is 11.3. The lowest BCUT2D eigenvalue weighted by Crippen LogP contribution is -2.38. The molecule has 0 heterocycles. The largest absolute Gasteiger partial charge is 0.494 e. The molecule has 0 saturated carbocycles. The number of hydrogen-bond donors (Lipinski definition) is 2. The van der Waals surface area contributed by atoms with Crippen LogP contribution >= 0.6 is 0 Å². The molecule has 2 aromatic carbocycles. The number of benzene rings is 2. The van der Waals surface area contributed by atoms with Crippen molar-refractivity contribution >= 4 is 17.6 Å². The predicted molar refractivity (Wildman–Crippen MR) is 121 cm³/mol. The maximum absolute atomic E-state index is 11.2. The van der Waals surface area contributed by atoms with Crippen molar-refractivity contribution in [1.82, 2.24) is 10.2 Å². The van der Waals surface area contributed by atoms with Crippen molar-refractivity contribution < 1.29 is 14.3 Å². The first kappa shape index (κ1) is 23.1. The number of hydrogen-bond acceptors (Lipinski definition) is 4. The summed E-state index contributed by atoms with van der Waals surface area (Å²) >= 11 is 0. The van der Waals surface area contributed by atoms with Crippen LogP contribution in [0.4, 0.5) is 5.69 Å². The van der Waals surface area contributed by atoms with Gasteiger partial charge in [0.1, 0.15) is 18.1 Å². The van der Waals surface area contributed by atoms with Gasteiger partial charge < -0.3 is 25.0 Å². The molecule has 0 atom stereocenters. The van der Waals surface area contributed by atoms with E-state index in [0.29, 0.717) is 31.2 Å². The molecule has 0 aliphatic rings. The molecule has 0 fully saturated rings. The van der Waals surface area contributed by atoms with Gasteiger partial charge in [0.05, 0.1) is 13.2 Å². The molecular formula is C23H32N4O3. The fourth-order valence-electron chi connectivity index (χ4n) is 2.86. The highest BCUT2D eigenvalue weighted by Crippen LogP contribution is 2.17. The molecule has 30 heavy (non-hydrogen) atoms. The maximum Gasteiger partial charge on any atom is 0.221 e. The second-order valence-corrected chi connectivity index (χ2v) is 6.73. The summed E-state index contributed by atoms with van der Waals surface area (Å²) in [5.41, 5.74) is 1.89. The number of aliphatic imine (C=N–C) groups is 1. The Morgan fingerprint density at radius 2 is 1.83 bits per heavy atom. The quantitative estimate of drug-likeness (QED) is 0.355. The van der Waals surface area contributed by atoms with Gasteiger partial charge in [-0.2, -0.15) is 0 Å². The van der Waals surface area contributed by atoms with E-state index in [1.165, 1.54) is 12.5 Å². The van der Waals surface area contributed by atoms with Gasteiger partial charge in [-0.05, 0) is 43.7 Å². The van der Waals surface area contributed by atoms with Crippen molar-refractivity contribution in [3.8, 4) is 11.5 Å². The van der Waals surface area contributed by atoms with Gasteiger partial charge >= 0.3 is 0 Å². The van der Waals surface area contributed by atoms with Gasteiger partial charge in [-0.25, -0.2) is 4.99 Å². The molecule has 7 nitrogen and oxygen atoms in total. The van der Waals surface area contributed by atoms with Crippen LogP contribution in [0.1, 0.15) is 26.3 Å². The first-order valence-corrected chi connectivity index (χ1v) is 10.2. The van der Waals surface area contributed by atoms with Crippen molar-refractivity contribution in [3.05, 3.63) is 54.1 Å². The Morgan fingerprint density at radius 1 is 1.07 bits per heavy atom. The fourth-order valence-corrected chi connectivity index (χ4v) is 2.86. The summed E-state index contributed by atoms with van der Waals surface area (Å²) in [6.07, 6.45) is 0. The zero-order valence-electron chi connectivity index (χ0n) is 18.3. The zero-order valence-corrected chi connectivity index (χ0v) is 18.3. The van der Waals surface area contributed by atoms with Crippen molar-refractivity contribution in [3.63, 3.8) is 0 Å². The van der Waals surface area contributed by atoms with Gasteiger partial charge in [0.25, 0.3) is 0 Å². The summed E-state index contributed by atoms with van der Waals surface area (Å²) in [6, 6.07) is 15.4. The van der Waals surface area contributed by atoms with Gasteiger partial charge in [0.15, 0.2) is 5.96 Å². The number of guanidine groups is 1. The van der Waals surface area contributed by atoms with Crippen molar-refractivity contribution in [1.29, 1.82) is 0 Å². The average molecular weight is 413 g/mol. The minimum absolute atomic E-state index is 0.109. The number of anilines is 1. The van der Waals surface area contributed by atoms with Crippen LogP contribution in [0.2, 0.25) is 0 Å². The third-order valence-corrected chi connectivity index (χ3v) is 4.13. The molecule has 0 unspecified atom stereocenters. The zero-order chi connectivity index (χ0) is 21.8. The summed E-state index contributed by atoms with van der Waals surface area (Å²) in [7, 11) is 2.01.